The zero-order chi connectivity index (χ0) is 20.8. The van der Waals surface area contributed by atoms with E-state index in [1.165, 1.54) is 18.7 Å². The molecule has 0 saturated carbocycles. The van der Waals surface area contributed by atoms with Crippen molar-refractivity contribution >= 4 is 29.1 Å². The Morgan fingerprint density at radius 2 is 2.00 bits per heavy atom. The number of benzene rings is 1. The van der Waals surface area contributed by atoms with Crippen LogP contribution in [0.15, 0.2) is 53.9 Å². The summed E-state index contributed by atoms with van der Waals surface area (Å²) in [6.45, 7) is 6.15. The Bertz CT molecular complexity index is 1000. The zero-order valence-electron chi connectivity index (χ0n) is 16.6. The van der Waals surface area contributed by atoms with Crippen LogP contribution >= 0.6 is 11.8 Å². The summed E-state index contributed by atoms with van der Waals surface area (Å²) >= 11 is 1.38. The van der Waals surface area contributed by atoms with Crippen LogP contribution in [-0.4, -0.2) is 36.7 Å². The number of rotatable bonds is 8. The molecule has 0 saturated heterocycles. The monoisotopic (exact) mass is 409 g/mol. The van der Waals surface area contributed by atoms with Crippen molar-refractivity contribution in [1.29, 1.82) is 0 Å². The van der Waals surface area contributed by atoms with E-state index in [2.05, 4.69) is 20.5 Å². The molecule has 3 rings (SSSR count). The van der Waals surface area contributed by atoms with Gasteiger partial charge in [0.15, 0.2) is 16.8 Å². The number of anilines is 1. The number of Topliss-reactive ketones (excluding diaryl/α,β-unsaturated/α-hetero) is 1. The Morgan fingerprint density at radius 1 is 1.17 bits per heavy atom. The van der Waals surface area contributed by atoms with Crippen molar-refractivity contribution in [1.82, 2.24) is 19.7 Å². The zero-order valence-corrected chi connectivity index (χ0v) is 17.4. The Labute approximate surface area is 174 Å². The first kappa shape index (κ1) is 20.7. The molecular weight excluding hydrogens is 386 g/mol. The molecule has 1 amide bonds. The summed E-state index contributed by atoms with van der Waals surface area (Å²) in [6, 6.07) is 10.7. The van der Waals surface area contributed by atoms with Gasteiger partial charge in [-0.05, 0) is 44.5 Å². The van der Waals surface area contributed by atoms with E-state index < -0.39 is 0 Å². The summed E-state index contributed by atoms with van der Waals surface area (Å²) in [7, 11) is 0. The van der Waals surface area contributed by atoms with Gasteiger partial charge >= 0.3 is 0 Å². The number of aromatic nitrogens is 4. The summed E-state index contributed by atoms with van der Waals surface area (Å²) in [6.07, 6.45) is 4.09. The first-order valence-corrected chi connectivity index (χ1v) is 10.3. The van der Waals surface area contributed by atoms with Crippen LogP contribution in [0.3, 0.4) is 0 Å². The highest BCUT2D eigenvalue weighted by Crippen LogP contribution is 2.28. The van der Waals surface area contributed by atoms with Gasteiger partial charge in [-0.1, -0.05) is 30.8 Å². The number of thioether (sulfide) groups is 1. The predicted octanol–water partition coefficient (Wildman–Crippen LogP) is 4.07. The number of ketones is 1. The quantitative estimate of drug-likeness (QED) is 0.445. The second-order valence-corrected chi connectivity index (χ2v) is 7.60. The Morgan fingerprint density at radius 3 is 2.66 bits per heavy atom. The highest BCUT2D eigenvalue weighted by molar-refractivity contribution is 8.00. The molecule has 0 unspecified atom stereocenters. The van der Waals surface area contributed by atoms with Gasteiger partial charge in [-0.3, -0.25) is 14.6 Å². The lowest BCUT2D eigenvalue weighted by molar-refractivity contribution is -0.115. The minimum Gasteiger partial charge on any atom is -0.325 e. The van der Waals surface area contributed by atoms with E-state index >= 15 is 0 Å². The van der Waals surface area contributed by atoms with Crippen LogP contribution in [0, 0.1) is 0 Å². The largest absolute Gasteiger partial charge is 0.325 e. The Kier molecular flexibility index (Phi) is 6.77. The molecule has 29 heavy (non-hydrogen) atoms. The Hall–Kier alpha value is -3.00. The second-order valence-electron chi connectivity index (χ2n) is 6.43. The first-order chi connectivity index (χ1) is 14.0. The van der Waals surface area contributed by atoms with Gasteiger partial charge in [-0.15, -0.1) is 10.2 Å². The van der Waals surface area contributed by atoms with Crippen LogP contribution < -0.4 is 5.32 Å². The van der Waals surface area contributed by atoms with Crippen LogP contribution in [0.4, 0.5) is 5.69 Å². The van der Waals surface area contributed by atoms with Crippen molar-refractivity contribution in [2.45, 2.75) is 44.1 Å². The van der Waals surface area contributed by atoms with E-state index in [4.69, 9.17) is 0 Å². The molecule has 0 aliphatic rings. The maximum Gasteiger partial charge on any atom is 0.237 e. The maximum absolute atomic E-state index is 12.8. The molecule has 1 atom stereocenters. The van der Waals surface area contributed by atoms with E-state index in [1.54, 1.807) is 36.7 Å². The van der Waals surface area contributed by atoms with Gasteiger partial charge in [-0.2, -0.15) is 0 Å². The summed E-state index contributed by atoms with van der Waals surface area (Å²) in [5.41, 5.74) is 2.05. The molecule has 0 fully saturated rings. The third kappa shape index (κ3) is 4.89. The number of carbonyl (C=O) groups excluding carboxylic acids is 2. The van der Waals surface area contributed by atoms with Crippen molar-refractivity contribution in [2.75, 3.05) is 5.32 Å². The number of hydrogen-bond donors (Lipinski definition) is 1. The minimum absolute atomic E-state index is 0.0403. The van der Waals surface area contributed by atoms with E-state index in [-0.39, 0.29) is 16.9 Å². The number of amides is 1. The highest BCUT2D eigenvalue weighted by atomic mass is 32.2. The fourth-order valence-electron chi connectivity index (χ4n) is 2.86. The lowest BCUT2D eigenvalue weighted by Gasteiger charge is -2.15. The standard InChI is InChI=1S/C21H23N5O2S/c1-4-18(20(28)23-17-10-6-8-15(12-17)14(3)27)29-21-25-24-19(26(21)5-2)16-9-7-11-22-13-16/h6-13,18H,4-5H2,1-3H3,(H,23,28)/t18-/m0/s1. The average Bonchev–Trinajstić information content (AvgIpc) is 3.15. The second kappa shape index (κ2) is 9.47. The van der Waals surface area contributed by atoms with Crippen molar-refractivity contribution in [3.63, 3.8) is 0 Å². The lowest BCUT2D eigenvalue weighted by atomic mass is 10.1. The lowest BCUT2D eigenvalue weighted by Crippen LogP contribution is -2.25. The highest BCUT2D eigenvalue weighted by Gasteiger charge is 2.23. The molecule has 2 heterocycles. The van der Waals surface area contributed by atoms with E-state index in [9.17, 15) is 9.59 Å². The summed E-state index contributed by atoms with van der Waals surface area (Å²) in [4.78, 5) is 28.5. The molecule has 1 aromatic carbocycles. The summed E-state index contributed by atoms with van der Waals surface area (Å²) in [5, 5.41) is 11.9. The van der Waals surface area contributed by atoms with Crippen molar-refractivity contribution in [3.8, 4) is 11.4 Å². The number of pyridine rings is 1. The van der Waals surface area contributed by atoms with Crippen LogP contribution in [-0.2, 0) is 11.3 Å². The van der Waals surface area contributed by atoms with Crippen LogP contribution in [0.5, 0.6) is 0 Å². The topological polar surface area (TPSA) is 89.8 Å². The molecule has 2 aromatic heterocycles. The predicted molar refractivity (Wildman–Crippen MR) is 114 cm³/mol. The normalized spacial score (nSPS) is 11.8. The molecule has 1 N–H and O–H groups in total. The van der Waals surface area contributed by atoms with Gasteiger partial charge in [0.1, 0.15) is 0 Å². The molecular formula is C21H23N5O2S. The van der Waals surface area contributed by atoms with Gasteiger partial charge in [0.05, 0.1) is 5.25 Å². The van der Waals surface area contributed by atoms with Crippen molar-refractivity contribution in [3.05, 3.63) is 54.4 Å². The molecule has 3 aromatic rings. The average molecular weight is 410 g/mol. The molecule has 0 aliphatic heterocycles. The number of carbonyl (C=O) groups is 2. The number of nitrogens with zero attached hydrogens (tertiary/aromatic N) is 4. The van der Waals surface area contributed by atoms with Gasteiger partial charge in [0, 0.05) is 35.8 Å². The molecule has 150 valence electrons. The van der Waals surface area contributed by atoms with Crippen LogP contribution in [0.2, 0.25) is 0 Å². The summed E-state index contributed by atoms with van der Waals surface area (Å²) < 4.78 is 1.98. The third-order valence-corrected chi connectivity index (χ3v) is 5.75. The van der Waals surface area contributed by atoms with E-state index in [0.717, 1.165) is 11.4 Å². The Balaban J connectivity index is 1.78. The number of hydrogen-bond acceptors (Lipinski definition) is 6. The number of nitrogens with one attached hydrogen (secondary N) is 1. The minimum atomic E-state index is -0.341. The molecule has 0 bridgehead atoms. The van der Waals surface area contributed by atoms with Gasteiger partial charge in [0.2, 0.25) is 5.91 Å². The molecule has 0 radical (unpaired) electrons. The molecule has 8 heteroatoms. The van der Waals surface area contributed by atoms with Crippen LogP contribution in [0.1, 0.15) is 37.6 Å². The van der Waals surface area contributed by atoms with Crippen molar-refractivity contribution in [2.24, 2.45) is 0 Å². The van der Waals surface area contributed by atoms with Gasteiger partial charge < -0.3 is 9.88 Å². The van der Waals surface area contributed by atoms with Crippen molar-refractivity contribution < 1.29 is 9.59 Å². The third-order valence-electron chi connectivity index (χ3n) is 4.40. The molecule has 0 aliphatic carbocycles. The van der Waals surface area contributed by atoms with Gasteiger partial charge in [-0.25, -0.2) is 0 Å². The fraction of sp³-hybridized carbons (Fsp3) is 0.286. The first-order valence-electron chi connectivity index (χ1n) is 9.45. The summed E-state index contributed by atoms with van der Waals surface area (Å²) in [5.74, 6) is 0.556. The maximum atomic E-state index is 12.8. The van der Waals surface area contributed by atoms with Crippen LogP contribution in [0.25, 0.3) is 11.4 Å². The molecule has 0 spiro atoms. The molecule has 7 nitrogen and oxygen atoms in total. The SMILES string of the molecule is CC[C@H](Sc1nnc(-c2cccnc2)n1CC)C(=O)Nc1cccc(C(C)=O)c1. The fourth-order valence-corrected chi connectivity index (χ4v) is 3.88. The van der Waals surface area contributed by atoms with E-state index in [1.807, 2.05) is 30.5 Å². The van der Waals surface area contributed by atoms with E-state index in [0.29, 0.717) is 29.4 Å². The smallest absolute Gasteiger partial charge is 0.237 e. The van der Waals surface area contributed by atoms with Gasteiger partial charge in [0.25, 0.3) is 0 Å².